The molecule has 1 aliphatic heterocycles. The van der Waals surface area contributed by atoms with E-state index in [4.69, 9.17) is 28.0 Å². The van der Waals surface area contributed by atoms with Gasteiger partial charge in [-0.3, -0.25) is 0 Å². The number of aromatic nitrogens is 2. The van der Waals surface area contributed by atoms with Gasteiger partial charge in [-0.25, -0.2) is 4.85 Å². The van der Waals surface area contributed by atoms with Crippen molar-refractivity contribution < 1.29 is 9.84 Å². The molecule has 0 amide bonds. The highest BCUT2D eigenvalue weighted by Crippen LogP contribution is 2.33. The lowest BCUT2D eigenvalue weighted by Crippen LogP contribution is -2.38. The number of aliphatic hydroxyl groups is 1. The van der Waals surface area contributed by atoms with E-state index in [9.17, 15) is 0 Å². The van der Waals surface area contributed by atoms with E-state index in [0.29, 0.717) is 24.7 Å². The molecule has 2 heterocycles. The SMILES string of the molecule is Cl.[C-]#[N+]c1ccc2c(N3CCC(OCCO)CC3)nnc(NCc3ccc(C)c(Cl)c3)c2c1. The number of piperidine rings is 1. The van der Waals surface area contributed by atoms with Crippen molar-refractivity contribution in [2.75, 3.05) is 36.5 Å². The maximum Gasteiger partial charge on any atom is 0.188 e. The smallest absolute Gasteiger partial charge is 0.188 e. The summed E-state index contributed by atoms with van der Waals surface area (Å²) in [5, 5.41) is 23.9. The first kappa shape index (κ1) is 25.0. The van der Waals surface area contributed by atoms with Crippen molar-refractivity contribution in [1.29, 1.82) is 0 Å². The zero-order valence-corrected chi connectivity index (χ0v) is 20.0. The van der Waals surface area contributed by atoms with Gasteiger partial charge in [0.2, 0.25) is 0 Å². The number of nitrogens with one attached hydrogen (secondary N) is 1. The summed E-state index contributed by atoms with van der Waals surface area (Å²) in [4.78, 5) is 5.81. The minimum Gasteiger partial charge on any atom is -0.394 e. The summed E-state index contributed by atoms with van der Waals surface area (Å²) in [5.41, 5.74) is 2.65. The van der Waals surface area contributed by atoms with Gasteiger partial charge in [0.05, 0.1) is 25.9 Å². The summed E-state index contributed by atoms with van der Waals surface area (Å²) in [6, 6.07) is 11.6. The largest absolute Gasteiger partial charge is 0.394 e. The van der Waals surface area contributed by atoms with Gasteiger partial charge >= 0.3 is 0 Å². The molecule has 0 radical (unpaired) electrons. The van der Waals surface area contributed by atoms with E-state index >= 15 is 0 Å². The van der Waals surface area contributed by atoms with Gasteiger partial charge in [-0.1, -0.05) is 35.9 Å². The molecule has 9 heteroatoms. The summed E-state index contributed by atoms with van der Waals surface area (Å²) < 4.78 is 5.68. The lowest BCUT2D eigenvalue weighted by Gasteiger charge is -2.33. The monoisotopic (exact) mass is 487 g/mol. The van der Waals surface area contributed by atoms with Crippen molar-refractivity contribution in [3.05, 3.63) is 64.0 Å². The predicted octanol–water partition coefficient (Wildman–Crippen LogP) is 5.15. The topological polar surface area (TPSA) is 74.9 Å². The van der Waals surface area contributed by atoms with E-state index in [1.807, 2.05) is 43.3 Å². The third kappa shape index (κ3) is 5.84. The van der Waals surface area contributed by atoms with E-state index in [1.54, 1.807) is 0 Å². The molecule has 174 valence electrons. The molecule has 2 aromatic carbocycles. The number of hydrogen-bond acceptors (Lipinski definition) is 6. The number of benzene rings is 2. The van der Waals surface area contributed by atoms with Crippen LogP contribution in [0.4, 0.5) is 17.3 Å². The molecular weight excluding hydrogens is 461 g/mol. The first-order valence-corrected chi connectivity index (χ1v) is 11.1. The van der Waals surface area contributed by atoms with Crippen LogP contribution in [0.15, 0.2) is 36.4 Å². The fourth-order valence-corrected chi connectivity index (χ4v) is 4.15. The second-order valence-electron chi connectivity index (χ2n) is 7.93. The Morgan fingerprint density at radius 1 is 1.18 bits per heavy atom. The number of ether oxygens (including phenoxy) is 1. The van der Waals surface area contributed by atoms with Crippen LogP contribution in [0.1, 0.15) is 24.0 Å². The van der Waals surface area contributed by atoms with Crippen LogP contribution in [0.3, 0.4) is 0 Å². The van der Waals surface area contributed by atoms with Gasteiger partial charge in [0.25, 0.3) is 0 Å². The molecule has 0 saturated carbocycles. The second kappa shape index (κ2) is 11.5. The number of aryl methyl sites for hydroxylation is 1. The molecular formula is C24H27Cl2N5O2. The van der Waals surface area contributed by atoms with Gasteiger partial charge in [-0.05, 0) is 43.0 Å². The van der Waals surface area contributed by atoms with Gasteiger partial charge in [-0.2, -0.15) is 0 Å². The van der Waals surface area contributed by atoms with Crippen LogP contribution >= 0.6 is 24.0 Å². The van der Waals surface area contributed by atoms with Crippen molar-refractivity contribution in [2.24, 2.45) is 0 Å². The number of rotatable bonds is 7. The highest BCUT2D eigenvalue weighted by atomic mass is 35.5. The molecule has 0 unspecified atom stereocenters. The zero-order chi connectivity index (χ0) is 22.5. The minimum atomic E-state index is 0. The van der Waals surface area contributed by atoms with Crippen molar-refractivity contribution in [3.8, 4) is 0 Å². The highest BCUT2D eigenvalue weighted by molar-refractivity contribution is 6.31. The number of fused-ring (bicyclic) bond motifs is 1. The van der Waals surface area contributed by atoms with Crippen LogP contribution < -0.4 is 10.2 Å². The maximum absolute atomic E-state index is 8.97. The Labute approximate surface area is 204 Å². The number of halogens is 2. The first-order valence-electron chi connectivity index (χ1n) is 10.7. The maximum atomic E-state index is 8.97. The Bertz CT molecular complexity index is 1140. The normalized spacial score (nSPS) is 14.1. The molecule has 4 rings (SSSR count). The van der Waals surface area contributed by atoms with Crippen LogP contribution in [0.5, 0.6) is 0 Å². The highest BCUT2D eigenvalue weighted by Gasteiger charge is 2.23. The van der Waals surface area contributed by atoms with Crippen molar-refractivity contribution in [2.45, 2.75) is 32.4 Å². The standard InChI is InChI=1S/C24H26ClN5O2.ClH/c1-16-3-4-17(13-22(16)25)15-27-23-21-14-18(26-2)5-6-20(21)24(29-28-23)30-9-7-19(8-10-30)32-12-11-31;/h3-6,13-14,19,31H,7-12,15H2,1H3,(H,27,28);1H. The minimum absolute atomic E-state index is 0. The molecule has 1 saturated heterocycles. The molecule has 7 nitrogen and oxygen atoms in total. The molecule has 2 N–H and O–H groups in total. The van der Waals surface area contributed by atoms with E-state index in [-0.39, 0.29) is 25.1 Å². The molecule has 0 bridgehead atoms. The van der Waals surface area contributed by atoms with Gasteiger partial charge in [0.15, 0.2) is 17.3 Å². The van der Waals surface area contributed by atoms with E-state index in [2.05, 4.69) is 25.3 Å². The number of aliphatic hydroxyl groups excluding tert-OH is 1. The quantitative estimate of drug-likeness (QED) is 0.448. The van der Waals surface area contributed by atoms with Crippen LogP contribution in [0.25, 0.3) is 15.6 Å². The molecule has 0 atom stereocenters. The Hall–Kier alpha value is -2.63. The van der Waals surface area contributed by atoms with Gasteiger partial charge in [0, 0.05) is 35.4 Å². The average molecular weight is 488 g/mol. The molecule has 3 aromatic rings. The fourth-order valence-electron chi connectivity index (χ4n) is 3.95. The zero-order valence-electron chi connectivity index (χ0n) is 18.4. The van der Waals surface area contributed by atoms with E-state index < -0.39 is 0 Å². The summed E-state index contributed by atoms with van der Waals surface area (Å²) >= 11 is 6.26. The number of nitrogens with zero attached hydrogens (tertiary/aromatic N) is 4. The molecule has 0 spiro atoms. The Morgan fingerprint density at radius 3 is 2.67 bits per heavy atom. The first-order chi connectivity index (χ1) is 15.6. The Balaban J connectivity index is 0.00000306. The van der Waals surface area contributed by atoms with Crippen molar-refractivity contribution in [1.82, 2.24) is 10.2 Å². The van der Waals surface area contributed by atoms with Gasteiger partial charge in [0.1, 0.15) is 0 Å². The van der Waals surface area contributed by atoms with E-state index in [0.717, 1.165) is 58.7 Å². The molecule has 1 fully saturated rings. The Kier molecular flexibility index (Phi) is 8.70. The van der Waals surface area contributed by atoms with Crippen LogP contribution in [0, 0.1) is 13.5 Å². The molecule has 1 aromatic heterocycles. The van der Waals surface area contributed by atoms with Crippen LogP contribution in [0.2, 0.25) is 5.02 Å². The molecule has 33 heavy (non-hydrogen) atoms. The lowest BCUT2D eigenvalue weighted by molar-refractivity contribution is 0.0158. The number of anilines is 2. The van der Waals surface area contributed by atoms with Gasteiger partial charge in [-0.15, -0.1) is 22.6 Å². The molecule has 0 aliphatic carbocycles. The van der Waals surface area contributed by atoms with Gasteiger partial charge < -0.3 is 20.1 Å². The van der Waals surface area contributed by atoms with Crippen molar-refractivity contribution in [3.63, 3.8) is 0 Å². The third-order valence-corrected chi connectivity index (χ3v) is 6.16. The third-order valence-electron chi connectivity index (χ3n) is 5.76. The second-order valence-corrected chi connectivity index (χ2v) is 8.34. The summed E-state index contributed by atoms with van der Waals surface area (Å²) in [7, 11) is 0. The van der Waals surface area contributed by atoms with Crippen molar-refractivity contribution >= 4 is 52.1 Å². The summed E-state index contributed by atoms with van der Waals surface area (Å²) in [6.07, 6.45) is 1.91. The van der Waals surface area contributed by atoms with Crippen LogP contribution in [-0.2, 0) is 11.3 Å². The predicted molar refractivity (Wildman–Crippen MR) is 135 cm³/mol. The summed E-state index contributed by atoms with van der Waals surface area (Å²) in [5.74, 6) is 1.47. The average Bonchev–Trinajstić information content (AvgIpc) is 2.83. The van der Waals surface area contributed by atoms with Crippen LogP contribution in [-0.4, -0.2) is 47.7 Å². The fraction of sp³-hybridized carbons (Fsp3) is 0.375. The summed E-state index contributed by atoms with van der Waals surface area (Å²) in [6.45, 7) is 12.0. The van der Waals surface area contributed by atoms with E-state index in [1.165, 1.54) is 0 Å². The molecule has 1 aliphatic rings. The number of hydrogen-bond donors (Lipinski definition) is 2. The Morgan fingerprint density at radius 2 is 1.97 bits per heavy atom. The lowest BCUT2D eigenvalue weighted by atomic mass is 10.1.